The van der Waals surface area contributed by atoms with Crippen LogP contribution >= 0.6 is 0 Å². The van der Waals surface area contributed by atoms with Crippen molar-refractivity contribution in [3.05, 3.63) is 64.7 Å². The van der Waals surface area contributed by atoms with Crippen LogP contribution in [0.2, 0.25) is 0 Å². The molecular formula is C19H21NO2. The van der Waals surface area contributed by atoms with Gasteiger partial charge in [0.15, 0.2) is 0 Å². The van der Waals surface area contributed by atoms with Crippen molar-refractivity contribution in [2.24, 2.45) is 0 Å². The van der Waals surface area contributed by atoms with Gasteiger partial charge >= 0.3 is 0 Å². The number of aryl methyl sites for hydroxylation is 2. The number of hydrogen-bond donors (Lipinski definition) is 1. The van der Waals surface area contributed by atoms with Crippen LogP contribution in [0.3, 0.4) is 0 Å². The number of carbonyl (C=O) groups excluding carboxylic acids is 1. The molecule has 0 aromatic heterocycles. The van der Waals surface area contributed by atoms with Crippen LogP contribution in [-0.2, 0) is 12.8 Å². The van der Waals surface area contributed by atoms with Crippen LogP contribution in [0, 0.1) is 0 Å². The van der Waals surface area contributed by atoms with Gasteiger partial charge in [-0.05, 0) is 67.1 Å². The zero-order valence-electron chi connectivity index (χ0n) is 13.1. The normalized spacial score (nSPS) is 14.3. The monoisotopic (exact) mass is 295 g/mol. The van der Waals surface area contributed by atoms with E-state index in [1.165, 1.54) is 29.5 Å². The predicted molar refractivity (Wildman–Crippen MR) is 87.3 cm³/mol. The summed E-state index contributed by atoms with van der Waals surface area (Å²) >= 11 is 0. The summed E-state index contributed by atoms with van der Waals surface area (Å²) in [5, 5.41) is 3.06. The molecule has 0 saturated heterocycles. The topological polar surface area (TPSA) is 38.3 Å². The quantitative estimate of drug-likeness (QED) is 0.934. The van der Waals surface area contributed by atoms with Gasteiger partial charge in [0.2, 0.25) is 0 Å². The van der Waals surface area contributed by atoms with E-state index in [-0.39, 0.29) is 11.9 Å². The fourth-order valence-electron chi connectivity index (χ4n) is 2.97. The van der Waals surface area contributed by atoms with Gasteiger partial charge in [0.1, 0.15) is 5.75 Å². The van der Waals surface area contributed by atoms with Gasteiger partial charge in [-0.1, -0.05) is 18.2 Å². The minimum absolute atomic E-state index is 0.000465. The Morgan fingerprint density at radius 1 is 1.09 bits per heavy atom. The fourth-order valence-corrected chi connectivity index (χ4v) is 2.97. The largest absolute Gasteiger partial charge is 0.497 e. The Labute approximate surface area is 131 Å². The highest BCUT2D eigenvalue weighted by atomic mass is 16.5. The number of rotatable bonds is 4. The van der Waals surface area contributed by atoms with Gasteiger partial charge in [0.25, 0.3) is 5.91 Å². The molecule has 1 N–H and O–H groups in total. The van der Waals surface area contributed by atoms with E-state index in [1.807, 2.05) is 6.92 Å². The Morgan fingerprint density at radius 3 is 2.55 bits per heavy atom. The van der Waals surface area contributed by atoms with Gasteiger partial charge in [-0.25, -0.2) is 0 Å². The second kappa shape index (κ2) is 6.22. The van der Waals surface area contributed by atoms with Gasteiger partial charge in [0, 0.05) is 5.56 Å². The number of hydrogen-bond acceptors (Lipinski definition) is 2. The molecule has 1 amide bonds. The standard InChI is InChI=1S/C19H21NO2/c1-13(16-7-6-14-4-3-5-17(14)12-16)20-19(21)15-8-10-18(22-2)11-9-15/h6-13H,3-5H2,1-2H3,(H,20,21)/t13-/m0/s1. The third-order valence-corrected chi connectivity index (χ3v) is 4.32. The van der Waals surface area contributed by atoms with Crippen molar-refractivity contribution in [2.45, 2.75) is 32.2 Å². The molecule has 2 aromatic carbocycles. The van der Waals surface area contributed by atoms with Gasteiger partial charge in [0.05, 0.1) is 13.2 Å². The first-order valence-electron chi connectivity index (χ1n) is 7.74. The summed E-state index contributed by atoms with van der Waals surface area (Å²) < 4.78 is 5.11. The van der Waals surface area contributed by atoms with Crippen LogP contribution in [0.1, 0.15) is 46.4 Å². The lowest BCUT2D eigenvalue weighted by Crippen LogP contribution is -2.26. The Hall–Kier alpha value is -2.29. The first-order valence-corrected chi connectivity index (χ1v) is 7.74. The first-order chi connectivity index (χ1) is 10.7. The minimum Gasteiger partial charge on any atom is -0.497 e. The molecule has 1 aliphatic rings. The summed E-state index contributed by atoms with van der Waals surface area (Å²) in [4.78, 5) is 12.3. The number of benzene rings is 2. The van der Waals surface area contributed by atoms with E-state index in [4.69, 9.17) is 4.74 Å². The van der Waals surface area contributed by atoms with Crippen molar-refractivity contribution >= 4 is 5.91 Å². The van der Waals surface area contributed by atoms with Crippen LogP contribution in [0.25, 0.3) is 0 Å². The average Bonchev–Trinajstić information content (AvgIpc) is 3.02. The summed E-state index contributed by atoms with van der Waals surface area (Å²) in [6.45, 7) is 2.03. The molecule has 0 heterocycles. The predicted octanol–water partition coefficient (Wildman–Crippen LogP) is 3.67. The molecular weight excluding hydrogens is 274 g/mol. The number of fused-ring (bicyclic) bond motifs is 1. The Bertz CT molecular complexity index is 676. The van der Waals surface area contributed by atoms with Crippen LogP contribution in [0.4, 0.5) is 0 Å². The summed E-state index contributed by atoms with van der Waals surface area (Å²) in [6, 6.07) is 13.7. The van der Waals surface area contributed by atoms with Crippen molar-refractivity contribution in [1.29, 1.82) is 0 Å². The lowest BCUT2D eigenvalue weighted by Gasteiger charge is -2.16. The Morgan fingerprint density at radius 2 is 1.82 bits per heavy atom. The fraction of sp³-hybridized carbons (Fsp3) is 0.316. The van der Waals surface area contributed by atoms with Gasteiger partial charge in [-0.3, -0.25) is 4.79 Å². The number of methoxy groups -OCH3 is 1. The maximum Gasteiger partial charge on any atom is 0.251 e. The molecule has 2 aromatic rings. The van der Waals surface area contributed by atoms with E-state index in [0.717, 1.165) is 12.2 Å². The molecule has 0 saturated carbocycles. The SMILES string of the molecule is COc1ccc(C(=O)N[C@@H](C)c2ccc3c(c2)CCC3)cc1. The molecule has 22 heavy (non-hydrogen) atoms. The molecule has 0 radical (unpaired) electrons. The molecule has 114 valence electrons. The highest BCUT2D eigenvalue weighted by molar-refractivity contribution is 5.94. The van der Waals surface area contributed by atoms with E-state index in [1.54, 1.807) is 31.4 Å². The van der Waals surface area contributed by atoms with E-state index >= 15 is 0 Å². The van der Waals surface area contributed by atoms with Crippen molar-refractivity contribution in [3.8, 4) is 5.75 Å². The lowest BCUT2D eigenvalue weighted by atomic mass is 10.0. The average molecular weight is 295 g/mol. The minimum atomic E-state index is -0.0596. The molecule has 3 heteroatoms. The van der Waals surface area contributed by atoms with Gasteiger partial charge in [-0.2, -0.15) is 0 Å². The highest BCUT2D eigenvalue weighted by Crippen LogP contribution is 2.25. The first kappa shape index (κ1) is 14.6. The second-order valence-corrected chi connectivity index (χ2v) is 5.81. The molecule has 0 unspecified atom stereocenters. The summed E-state index contributed by atoms with van der Waals surface area (Å²) in [5.74, 6) is 0.693. The molecule has 1 atom stereocenters. The number of amides is 1. The summed E-state index contributed by atoms with van der Waals surface area (Å²) in [5.41, 5.74) is 4.71. The van der Waals surface area contributed by atoms with Crippen molar-refractivity contribution in [2.75, 3.05) is 7.11 Å². The zero-order valence-corrected chi connectivity index (χ0v) is 13.1. The number of nitrogens with one attached hydrogen (secondary N) is 1. The molecule has 0 aliphatic heterocycles. The number of ether oxygens (including phenoxy) is 1. The van der Waals surface area contributed by atoms with Crippen molar-refractivity contribution in [1.82, 2.24) is 5.32 Å². The summed E-state index contributed by atoms with van der Waals surface area (Å²) in [6.07, 6.45) is 3.58. The second-order valence-electron chi connectivity index (χ2n) is 5.81. The Kier molecular flexibility index (Phi) is 4.14. The maximum atomic E-state index is 12.3. The van der Waals surface area contributed by atoms with Crippen LogP contribution in [0.15, 0.2) is 42.5 Å². The Balaban J connectivity index is 1.70. The van der Waals surface area contributed by atoms with Crippen molar-refractivity contribution in [3.63, 3.8) is 0 Å². The molecule has 3 rings (SSSR count). The smallest absolute Gasteiger partial charge is 0.251 e. The molecule has 1 aliphatic carbocycles. The van der Waals surface area contributed by atoms with E-state index < -0.39 is 0 Å². The number of carbonyl (C=O) groups is 1. The van der Waals surface area contributed by atoms with Gasteiger partial charge in [-0.15, -0.1) is 0 Å². The zero-order chi connectivity index (χ0) is 15.5. The maximum absolute atomic E-state index is 12.3. The van der Waals surface area contributed by atoms with E-state index in [0.29, 0.717) is 5.56 Å². The summed E-state index contributed by atoms with van der Waals surface area (Å²) in [7, 11) is 1.62. The molecule has 0 fully saturated rings. The highest BCUT2D eigenvalue weighted by Gasteiger charge is 2.15. The third-order valence-electron chi connectivity index (χ3n) is 4.32. The molecule has 0 bridgehead atoms. The van der Waals surface area contributed by atoms with Crippen LogP contribution < -0.4 is 10.1 Å². The van der Waals surface area contributed by atoms with Crippen molar-refractivity contribution < 1.29 is 9.53 Å². The van der Waals surface area contributed by atoms with Crippen LogP contribution in [0.5, 0.6) is 5.75 Å². The van der Waals surface area contributed by atoms with Crippen LogP contribution in [-0.4, -0.2) is 13.0 Å². The lowest BCUT2D eigenvalue weighted by molar-refractivity contribution is 0.0940. The van der Waals surface area contributed by atoms with E-state index in [9.17, 15) is 4.79 Å². The third kappa shape index (κ3) is 2.98. The molecule has 0 spiro atoms. The molecule has 3 nitrogen and oxygen atoms in total. The van der Waals surface area contributed by atoms with E-state index in [2.05, 4.69) is 23.5 Å². The van der Waals surface area contributed by atoms with Gasteiger partial charge < -0.3 is 10.1 Å².